The lowest BCUT2D eigenvalue weighted by Gasteiger charge is -2.19. The van der Waals surface area contributed by atoms with Gasteiger partial charge in [0.15, 0.2) is 0 Å². The molecule has 0 spiro atoms. The highest BCUT2D eigenvalue weighted by molar-refractivity contribution is 6.30. The van der Waals surface area contributed by atoms with E-state index < -0.39 is 11.9 Å². The Morgan fingerprint density at radius 2 is 1.89 bits per heavy atom. The Balaban J connectivity index is 1.46. The average molecular weight is 493 g/mol. The van der Waals surface area contributed by atoms with Crippen molar-refractivity contribution < 1.29 is 14.6 Å². The summed E-state index contributed by atoms with van der Waals surface area (Å²) in [4.78, 5) is 17.7. The molecule has 2 N–H and O–H groups in total. The van der Waals surface area contributed by atoms with E-state index in [1.807, 2.05) is 30.5 Å². The minimum Gasteiger partial charge on any atom is -0.394 e. The maximum absolute atomic E-state index is 13.6. The molecule has 1 aliphatic rings. The van der Waals surface area contributed by atoms with Crippen LogP contribution in [0.5, 0.6) is 0 Å². The normalized spacial score (nSPS) is 13.5. The number of aliphatic imine (C=N–C) groups is 1. The van der Waals surface area contributed by atoms with Crippen molar-refractivity contribution in [3.8, 4) is 11.1 Å². The van der Waals surface area contributed by atoms with Crippen molar-refractivity contribution in [1.29, 1.82) is 0 Å². The first kappa shape index (κ1) is 23.2. The highest BCUT2D eigenvalue weighted by Gasteiger charge is 2.20. The van der Waals surface area contributed by atoms with E-state index >= 15 is 0 Å². The van der Waals surface area contributed by atoms with Crippen LogP contribution in [0.4, 0.5) is 4.39 Å². The van der Waals surface area contributed by atoms with Crippen molar-refractivity contribution in [1.82, 2.24) is 14.3 Å². The molecular weight excluding hydrogens is 471 g/mol. The molecule has 178 valence electrons. The van der Waals surface area contributed by atoms with Crippen molar-refractivity contribution in [3.63, 3.8) is 0 Å². The molecule has 2 aromatic carbocycles. The number of aromatic nitrogens is 3. The molecule has 7 nitrogen and oxygen atoms in total. The van der Waals surface area contributed by atoms with Crippen LogP contribution < -0.4 is 5.56 Å². The fourth-order valence-corrected chi connectivity index (χ4v) is 4.51. The van der Waals surface area contributed by atoms with E-state index in [-0.39, 0.29) is 23.8 Å². The van der Waals surface area contributed by atoms with E-state index in [1.165, 1.54) is 28.8 Å². The van der Waals surface area contributed by atoms with E-state index in [9.17, 15) is 14.3 Å². The maximum atomic E-state index is 13.6. The van der Waals surface area contributed by atoms with Gasteiger partial charge in [0.2, 0.25) is 0 Å². The second kappa shape index (κ2) is 9.58. The summed E-state index contributed by atoms with van der Waals surface area (Å²) in [6.07, 6.45) is 5.21. The van der Waals surface area contributed by atoms with E-state index in [0.717, 1.165) is 33.5 Å². The Morgan fingerprint density at radius 3 is 2.63 bits per heavy atom. The van der Waals surface area contributed by atoms with Crippen molar-refractivity contribution in [2.75, 3.05) is 13.2 Å². The number of fused-ring (bicyclic) bond motifs is 1. The third-order valence-electron chi connectivity index (χ3n) is 6.13. The van der Waals surface area contributed by atoms with Gasteiger partial charge in [-0.25, -0.2) is 4.39 Å². The highest BCUT2D eigenvalue weighted by atomic mass is 35.5. The number of aliphatic hydroxyl groups excluding tert-OH is 2. The lowest BCUT2D eigenvalue weighted by Crippen LogP contribution is -2.26. The van der Waals surface area contributed by atoms with Crippen molar-refractivity contribution in [2.45, 2.75) is 19.1 Å². The van der Waals surface area contributed by atoms with Crippen LogP contribution in [0.1, 0.15) is 28.3 Å². The fraction of sp³-hybridized carbons (Fsp3) is 0.192. The zero-order chi connectivity index (χ0) is 24.5. The fourth-order valence-electron chi connectivity index (χ4n) is 4.32. The molecule has 0 radical (unpaired) electrons. The Morgan fingerprint density at radius 1 is 1.06 bits per heavy atom. The van der Waals surface area contributed by atoms with Gasteiger partial charge in [-0.15, -0.1) is 0 Å². The Labute approximate surface area is 205 Å². The molecule has 2 aromatic heterocycles. The number of pyridine rings is 1. The van der Waals surface area contributed by atoms with E-state index in [1.54, 1.807) is 17.1 Å². The minimum absolute atomic E-state index is 0.00516. The van der Waals surface area contributed by atoms with Crippen LogP contribution in [0.2, 0.25) is 5.02 Å². The van der Waals surface area contributed by atoms with Crippen LogP contribution >= 0.6 is 11.6 Å². The first-order chi connectivity index (χ1) is 17.0. The van der Waals surface area contributed by atoms with Gasteiger partial charge in [0, 0.05) is 29.6 Å². The summed E-state index contributed by atoms with van der Waals surface area (Å²) in [6, 6.07) is 12.7. The van der Waals surface area contributed by atoms with E-state index in [0.29, 0.717) is 18.7 Å². The van der Waals surface area contributed by atoms with Crippen molar-refractivity contribution >= 4 is 17.3 Å². The molecule has 1 aliphatic heterocycles. The molecule has 0 amide bonds. The van der Waals surface area contributed by atoms with Crippen molar-refractivity contribution in [2.24, 2.45) is 4.99 Å². The number of halogens is 2. The summed E-state index contributed by atoms with van der Waals surface area (Å²) >= 11 is 5.90. The number of hydrogen-bond acceptors (Lipinski definition) is 5. The zero-order valence-electron chi connectivity index (χ0n) is 18.6. The Bertz CT molecular complexity index is 1490. The quantitative estimate of drug-likeness (QED) is 0.413. The summed E-state index contributed by atoms with van der Waals surface area (Å²) in [7, 11) is 0. The van der Waals surface area contributed by atoms with Gasteiger partial charge in [-0.3, -0.25) is 14.5 Å². The first-order valence-corrected chi connectivity index (χ1v) is 11.5. The molecular formula is C26H22ClFN4O3. The molecule has 35 heavy (non-hydrogen) atoms. The van der Waals surface area contributed by atoms with Gasteiger partial charge in [0.25, 0.3) is 5.56 Å². The average Bonchev–Trinajstić information content (AvgIpc) is 3.49. The lowest BCUT2D eigenvalue weighted by molar-refractivity contribution is 0.247. The minimum atomic E-state index is -0.691. The predicted octanol–water partition coefficient (Wildman–Crippen LogP) is 3.43. The molecule has 0 saturated carbocycles. The molecule has 9 heteroatoms. The Kier molecular flexibility index (Phi) is 6.34. The molecule has 4 aromatic rings. The van der Waals surface area contributed by atoms with Crippen LogP contribution in [0.15, 0.2) is 76.9 Å². The maximum Gasteiger partial charge on any atom is 0.251 e. The number of hydrogen-bond donors (Lipinski definition) is 2. The van der Waals surface area contributed by atoms with Gasteiger partial charge in [-0.1, -0.05) is 29.8 Å². The molecule has 0 unspecified atom stereocenters. The smallest absolute Gasteiger partial charge is 0.251 e. The molecule has 0 bridgehead atoms. The van der Waals surface area contributed by atoms with Crippen molar-refractivity contribution in [3.05, 3.63) is 111 Å². The molecule has 0 aliphatic carbocycles. The molecule has 5 rings (SSSR count). The highest BCUT2D eigenvalue weighted by Crippen LogP contribution is 2.29. The lowest BCUT2D eigenvalue weighted by atomic mass is 9.96. The van der Waals surface area contributed by atoms with Gasteiger partial charge in [-0.2, -0.15) is 5.10 Å². The largest absolute Gasteiger partial charge is 0.394 e. The van der Waals surface area contributed by atoms with E-state index in [4.69, 9.17) is 16.7 Å². The predicted molar refractivity (Wildman–Crippen MR) is 131 cm³/mol. The number of aliphatic hydroxyl groups is 2. The molecule has 3 heterocycles. The number of nitrogens with zero attached hydrogens (tertiary/aromatic N) is 4. The third kappa shape index (κ3) is 4.43. The van der Waals surface area contributed by atoms with Crippen LogP contribution in [0.3, 0.4) is 0 Å². The molecule has 0 saturated heterocycles. The number of rotatable bonds is 7. The summed E-state index contributed by atoms with van der Waals surface area (Å²) in [5.41, 5.74) is 5.57. The van der Waals surface area contributed by atoms with Gasteiger partial charge < -0.3 is 14.8 Å². The molecule has 0 fully saturated rings. The summed E-state index contributed by atoms with van der Waals surface area (Å²) in [6.45, 7) is 0.639. The van der Waals surface area contributed by atoms with Gasteiger partial charge in [0.1, 0.15) is 5.82 Å². The standard InChI is InChI=1S/C26H22ClFN4O3/c27-22-10-18(3-4-23(22)28)24(15-34)32-6-5-17(11-25(32)35)16-1-2-19-12-29-26(21(19)9-16)20-13-30-31(14-20)7-8-33/h1-6,9-11,13-14,24,33-34H,7-8,12,15H2/t24-/m1/s1. The summed E-state index contributed by atoms with van der Waals surface area (Å²) in [5, 5.41) is 23.3. The Hall–Kier alpha value is -3.59. The SMILES string of the molecule is O=c1cc(-c2ccc3c(c2)C(c2cnn(CCO)c2)=NC3)ccn1[C@H](CO)c1ccc(F)c(Cl)c1. The second-order valence-electron chi connectivity index (χ2n) is 8.29. The summed E-state index contributed by atoms with van der Waals surface area (Å²) in [5.74, 6) is -0.560. The molecule has 1 atom stereocenters. The van der Waals surface area contributed by atoms with Gasteiger partial charge >= 0.3 is 0 Å². The van der Waals surface area contributed by atoms with Crippen LogP contribution in [-0.2, 0) is 13.1 Å². The third-order valence-corrected chi connectivity index (χ3v) is 6.42. The van der Waals surface area contributed by atoms with Crippen LogP contribution in [-0.4, -0.2) is 43.5 Å². The van der Waals surface area contributed by atoms with Crippen LogP contribution in [0.25, 0.3) is 11.1 Å². The summed E-state index contributed by atoms with van der Waals surface area (Å²) < 4.78 is 16.6. The second-order valence-corrected chi connectivity index (χ2v) is 8.69. The van der Waals surface area contributed by atoms with Crippen LogP contribution in [0, 0.1) is 5.82 Å². The topological polar surface area (TPSA) is 92.6 Å². The van der Waals surface area contributed by atoms with Gasteiger partial charge in [0.05, 0.1) is 49.3 Å². The monoisotopic (exact) mass is 492 g/mol. The zero-order valence-corrected chi connectivity index (χ0v) is 19.4. The van der Waals surface area contributed by atoms with E-state index in [2.05, 4.69) is 10.1 Å². The van der Waals surface area contributed by atoms with Gasteiger partial charge in [-0.05, 0) is 46.5 Å². The number of benzene rings is 2. The first-order valence-electron chi connectivity index (χ1n) is 11.1.